The molecule has 0 aliphatic heterocycles. The number of nitrogens with one attached hydrogen (secondary N) is 1. The van der Waals surface area contributed by atoms with E-state index in [1.54, 1.807) is 24.3 Å². The Kier molecular flexibility index (Phi) is 4.96. The topological polar surface area (TPSA) is 32.3 Å². The molecule has 0 aliphatic rings. The van der Waals surface area contributed by atoms with Gasteiger partial charge < -0.3 is 10.4 Å². The minimum absolute atomic E-state index is 0.0861. The summed E-state index contributed by atoms with van der Waals surface area (Å²) >= 11 is 8.83. The van der Waals surface area contributed by atoms with E-state index in [0.29, 0.717) is 10.6 Å². The van der Waals surface area contributed by atoms with Gasteiger partial charge in [-0.2, -0.15) is 0 Å². The molecule has 0 aromatic heterocycles. The Morgan fingerprint density at radius 2 is 1.85 bits per heavy atom. The number of anilines is 1. The first-order valence-corrected chi connectivity index (χ1v) is 6.96. The normalized spacial score (nSPS) is 12.2. The second kappa shape index (κ2) is 6.52. The van der Waals surface area contributed by atoms with Gasteiger partial charge >= 0.3 is 0 Å². The highest BCUT2D eigenvalue weighted by atomic mass is 79.9. The van der Waals surface area contributed by atoms with Crippen LogP contribution in [0, 0.1) is 11.6 Å². The molecule has 1 atom stereocenters. The number of aliphatic hydroxyl groups is 1. The maximum atomic E-state index is 13.6. The molecule has 106 valence electrons. The van der Waals surface area contributed by atoms with Gasteiger partial charge in [-0.1, -0.05) is 23.7 Å². The van der Waals surface area contributed by atoms with Crippen LogP contribution in [0.2, 0.25) is 5.02 Å². The van der Waals surface area contributed by atoms with Crippen LogP contribution in [-0.4, -0.2) is 11.7 Å². The van der Waals surface area contributed by atoms with E-state index in [1.165, 1.54) is 0 Å². The Bertz CT molecular complexity index is 584. The van der Waals surface area contributed by atoms with Crippen molar-refractivity contribution in [2.24, 2.45) is 0 Å². The van der Waals surface area contributed by atoms with Gasteiger partial charge in [0.25, 0.3) is 0 Å². The van der Waals surface area contributed by atoms with Gasteiger partial charge in [0, 0.05) is 22.1 Å². The van der Waals surface area contributed by atoms with Gasteiger partial charge in [0.15, 0.2) is 0 Å². The third kappa shape index (κ3) is 3.69. The highest BCUT2D eigenvalue weighted by Crippen LogP contribution is 2.27. The standard InChI is InChI=1S/C14H11BrClF2NO/c15-11-5-10(17)6-12(18)14(11)19-7-13(20)8-1-3-9(16)4-2-8/h1-6,13,19-20H,7H2. The SMILES string of the molecule is OC(CNc1c(F)cc(F)cc1Br)c1ccc(Cl)cc1. The number of rotatable bonds is 4. The fourth-order valence-corrected chi connectivity index (χ4v) is 2.39. The van der Waals surface area contributed by atoms with Crippen molar-refractivity contribution in [3.63, 3.8) is 0 Å². The van der Waals surface area contributed by atoms with Gasteiger partial charge in [0.1, 0.15) is 11.6 Å². The number of hydrogen-bond donors (Lipinski definition) is 2. The molecule has 0 aliphatic carbocycles. The zero-order chi connectivity index (χ0) is 14.7. The van der Waals surface area contributed by atoms with E-state index in [0.717, 1.165) is 12.1 Å². The van der Waals surface area contributed by atoms with Crippen molar-refractivity contribution in [3.05, 3.63) is 63.1 Å². The van der Waals surface area contributed by atoms with Crippen LogP contribution in [-0.2, 0) is 0 Å². The molecule has 2 aromatic rings. The summed E-state index contributed by atoms with van der Waals surface area (Å²) in [4.78, 5) is 0. The highest BCUT2D eigenvalue weighted by Gasteiger charge is 2.12. The third-order valence-electron chi connectivity index (χ3n) is 2.73. The summed E-state index contributed by atoms with van der Waals surface area (Å²) in [7, 11) is 0. The summed E-state index contributed by atoms with van der Waals surface area (Å²) in [6, 6.07) is 8.63. The Balaban J connectivity index is 2.07. The molecule has 6 heteroatoms. The third-order valence-corrected chi connectivity index (χ3v) is 3.61. The molecule has 0 radical (unpaired) electrons. The van der Waals surface area contributed by atoms with Crippen molar-refractivity contribution in [1.82, 2.24) is 0 Å². The lowest BCUT2D eigenvalue weighted by atomic mass is 10.1. The quantitative estimate of drug-likeness (QED) is 0.838. The summed E-state index contributed by atoms with van der Waals surface area (Å²) < 4.78 is 26.8. The summed E-state index contributed by atoms with van der Waals surface area (Å²) in [5, 5.41) is 13.3. The molecule has 2 rings (SSSR count). The second-order valence-corrected chi connectivity index (χ2v) is 5.48. The molecule has 0 fully saturated rings. The monoisotopic (exact) mass is 361 g/mol. The van der Waals surface area contributed by atoms with Crippen LogP contribution >= 0.6 is 27.5 Å². The number of hydrogen-bond acceptors (Lipinski definition) is 2. The summed E-state index contributed by atoms with van der Waals surface area (Å²) in [5.41, 5.74) is 0.764. The number of benzene rings is 2. The molecule has 0 heterocycles. The molecule has 0 amide bonds. The van der Waals surface area contributed by atoms with Crippen molar-refractivity contribution in [1.29, 1.82) is 0 Å². The van der Waals surface area contributed by atoms with E-state index in [4.69, 9.17) is 11.6 Å². The molecule has 0 saturated carbocycles. The van der Waals surface area contributed by atoms with E-state index in [9.17, 15) is 13.9 Å². The Morgan fingerprint density at radius 1 is 1.20 bits per heavy atom. The first-order valence-electron chi connectivity index (χ1n) is 5.79. The van der Waals surface area contributed by atoms with E-state index in [-0.39, 0.29) is 16.7 Å². The van der Waals surface area contributed by atoms with Crippen molar-refractivity contribution >= 4 is 33.2 Å². The highest BCUT2D eigenvalue weighted by molar-refractivity contribution is 9.10. The minimum atomic E-state index is -0.830. The molecular formula is C14H11BrClF2NO. The van der Waals surface area contributed by atoms with Crippen LogP contribution in [0.25, 0.3) is 0 Å². The lowest BCUT2D eigenvalue weighted by molar-refractivity contribution is 0.191. The molecule has 0 saturated heterocycles. The second-order valence-electron chi connectivity index (χ2n) is 4.19. The van der Waals surface area contributed by atoms with Crippen LogP contribution in [0.4, 0.5) is 14.5 Å². The van der Waals surface area contributed by atoms with E-state index < -0.39 is 17.7 Å². The zero-order valence-corrected chi connectivity index (χ0v) is 12.5. The predicted octanol–water partition coefficient (Wildman–Crippen LogP) is 4.53. The molecule has 20 heavy (non-hydrogen) atoms. The summed E-state index contributed by atoms with van der Waals surface area (Å²) in [5.74, 6) is -1.39. The molecule has 0 spiro atoms. The largest absolute Gasteiger partial charge is 0.387 e. The summed E-state index contributed by atoms with van der Waals surface area (Å²) in [6.45, 7) is 0.0861. The maximum Gasteiger partial charge on any atom is 0.150 e. The van der Waals surface area contributed by atoms with Crippen LogP contribution < -0.4 is 5.32 Å². The van der Waals surface area contributed by atoms with Crippen LogP contribution in [0.5, 0.6) is 0 Å². The fraction of sp³-hybridized carbons (Fsp3) is 0.143. The average molecular weight is 363 g/mol. The van der Waals surface area contributed by atoms with Gasteiger partial charge in [0.05, 0.1) is 11.8 Å². The van der Waals surface area contributed by atoms with E-state index in [1.807, 2.05) is 0 Å². The van der Waals surface area contributed by atoms with Gasteiger partial charge in [-0.3, -0.25) is 0 Å². The van der Waals surface area contributed by atoms with Crippen molar-refractivity contribution in [2.75, 3.05) is 11.9 Å². The number of halogens is 4. The minimum Gasteiger partial charge on any atom is -0.387 e. The molecule has 2 N–H and O–H groups in total. The van der Waals surface area contributed by atoms with Crippen molar-refractivity contribution in [3.8, 4) is 0 Å². The predicted molar refractivity (Wildman–Crippen MR) is 79.0 cm³/mol. The first-order chi connectivity index (χ1) is 9.47. The lowest BCUT2D eigenvalue weighted by Crippen LogP contribution is -2.13. The van der Waals surface area contributed by atoms with E-state index in [2.05, 4.69) is 21.2 Å². The Morgan fingerprint density at radius 3 is 2.45 bits per heavy atom. The zero-order valence-electron chi connectivity index (χ0n) is 10.2. The maximum absolute atomic E-state index is 13.6. The Hall–Kier alpha value is -1.17. The summed E-state index contributed by atoms with van der Waals surface area (Å²) in [6.07, 6.45) is -0.830. The van der Waals surface area contributed by atoms with Crippen LogP contribution in [0.15, 0.2) is 40.9 Å². The molecule has 2 nitrogen and oxygen atoms in total. The van der Waals surface area contributed by atoms with E-state index >= 15 is 0 Å². The lowest BCUT2D eigenvalue weighted by Gasteiger charge is -2.15. The number of aliphatic hydroxyl groups excluding tert-OH is 1. The molecular weight excluding hydrogens is 352 g/mol. The Labute approximate surface area is 128 Å². The molecule has 1 unspecified atom stereocenters. The smallest absolute Gasteiger partial charge is 0.150 e. The van der Waals surface area contributed by atoms with Crippen molar-refractivity contribution in [2.45, 2.75) is 6.10 Å². The van der Waals surface area contributed by atoms with Crippen LogP contribution in [0.1, 0.15) is 11.7 Å². The van der Waals surface area contributed by atoms with Gasteiger partial charge in [-0.05, 0) is 39.7 Å². The van der Waals surface area contributed by atoms with Gasteiger partial charge in [0.2, 0.25) is 0 Å². The molecule has 0 bridgehead atoms. The first kappa shape index (κ1) is 15.2. The van der Waals surface area contributed by atoms with Crippen molar-refractivity contribution < 1.29 is 13.9 Å². The van der Waals surface area contributed by atoms with Gasteiger partial charge in [-0.25, -0.2) is 8.78 Å². The molecule has 2 aromatic carbocycles. The van der Waals surface area contributed by atoms with Crippen LogP contribution in [0.3, 0.4) is 0 Å². The fourth-order valence-electron chi connectivity index (χ4n) is 1.71. The average Bonchev–Trinajstić information content (AvgIpc) is 2.38. The van der Waals surface area contributed by atoms with Gasteiger partial charge in [-0.15, -0.1) is 0 Å².